The van der Waals surface area contributed by atoms with Crippen LogP contribution in [0.2, 0.25) is 0 Å². The molecule has 6 heteroatoms. The summed E-state index contributed by atoms with van der Waals surface area (Å²) in [7, 11) is 6.02. The van der Waals surface area contributed by atoms with E-state index >= 15 is 0 Å². The molecule has 0 spiro atoms. The molecule has 1 saturated heterocycles. The predicted molar refractivity (Wildman–Crippen MR) is 79.6 cm³/mol. The van der Waals surface area contributed by atoms with Crippen molar-refractivity contribution in [3.63, 3.8) is 0 Å². The normalized spacial score (nSPS) is 17.4. The second-order valence-corrected chi connectivity index (χ2v) is 6.25. The molecule has 0 aromatic carbocycles. The number of aromatic nitrogens is 1. The molecule has 0 aliphatic carbocycles. The third-order valence-corrected chi connectivity index (χ3v) is 4.88. The minimum absolute atomic E-state index is 0.546. The molecule has 0 amide bonds. The number of ether oxygens (including phenoxy) is 1. The summed E-state index contributed by atoms with van der Waals surface area (Å²) in [6.45, 7) is 3.25. The number of methoxy groups -OCH3 is 1. The number of hydrogen-bond acceptors (Lipinski definition) is 6. The van der Waals surface area contributed by atoms with E-state index in [9.17, 15) is 0 Å². The van der Waals surface area contributed by atoms with Crippen LogP contribution in [0.5, 0.6) is 0 Å². The van der Waals surface area contributed by atoms with Crippen molar-refractivity contribution >= 4 is 16.5 Å². The Bertz CT molecular complexity index is 399. The zero-order valence-electron chi connectivity index (χ0n) is 12.1. The van der Waals surface area contributed by atoms with E-state index in [-0.39, 0.29) is 0 Å². The van der Waals surface area contributed by atoms with Crippen molar-refractivity contribution in [3.05, 3.63) is 10.6 Å². The lowest BCUT2D eigenvalue weighted by molar-refractivity contribution is 0.181. The van der Waals surface area contributed by atoms with Crippen molar-refractivity contribution in [2.24, 2.45) is 5.73 Å². The first-order chi connectivity index (χ1) is 9.15. The Labute approximate surface area is 119 Å². The van der Waals surface area contributed by atoms with Gasteiger partial charge < -0.3 is 20.3 Å². The first-order valence-corrected chi connectivity index (χ1v) is 7.56. The number of piperidine rings is 1. The van der Waals surface area contributed by atoms with Gasteiger partial charge in [-0.1, -0.05) is 0 Å². The lowest BCUT2D eigenvalue weighted by atomic mass is 10.0. The summed E-state index contributed by atoms with van der Waals surface area (Å²) in [5, 5.41) is 1.10. The topological polar surface area (TPSA) is 54.6 Å². The van der Waals surface area contributed by atoms with Crippen LogP contribution in [0.3, 0.4) is 0 Å². The molecule has 0 unspecified atom stereocenters. The Hall–Kier alpha value is -0.690. The van der Waals surface area contributed by atoms with Crippen LogP contribution in [-0.4, -0.2) is 50.2 Å². The summed E-state index contributed by atoms with van der Waals surface area (Å²) >= 11 is 1.71. The fourth-order valence-corrected chi connectivity index (χ4v) is 3.48. The molecule has 2 N–H and O–H groups in total. The highest BCUT2D eigenvalue weighted by Gasteiger charge is 2.23. The number of anilines is 1. The Morgan fingerprint density at radius 2 is 2.11 bits per heavy atom. The van der Waals surface area contributed by atoms with Gasteiger partial charge in [0.1, 0.15) is 0 Å². The summed E-state index contributed by atoms with van der Waals surface area (Å²) in [4.78, 5) is 10.5. The van der Waals surface area contributed by atoms with Gasteiger partial charge in [0.2, 0.25) is 0 Å². The Morgan fingerprint density at radius 1 is 1.42 bits per heavy atom. The van der Waals surface area contributed by atoms with Gasteiger partial charge in [0.05, 0.1) is 12.3 Å². The summed E-state index contributed by atoms with van der Waals surface area (Å²) in [5.41, 5.74) is 6.78. The molecule has 5 nitrogen and oxygen atoms in total. The lowest BCUT2D eigenvalue weighted by Gasteiger charge is -2.35. The van der Waals surface area contributed by atoms with Crippen LogP contribution in [0.25, 0.3) is 0 Å². The molecule has 1 aromatic rings. The molecule has 1 aliphatic heterocycles. The van der Waals surface area contributed by atoms with Crippen LogP contribution in [-0.2, 0) is 17.9 Å². The van der Waals surface area contributed by atoms with Crippen LogP contribution in [0.4, 0.5) is 5.13 Å². The van der Waals surface area contributed by atoms with E-state index in [1.807, 2.05) is 0 Å². The van der Waals surface area contributed by atoms with Gasteiger partial charge in [0.15, 0.2) is 5.13 Å². The lowest BCUT2D eigenvalue weighted by Crippen LogP contribution is -2.41. The third kappa shape index (κ3) is 3.45. The Kier molecular flexibility index (Phi) is 5.15. The maximum absolute atomic E-state index is 5.78. The number of nitrogens with two attached hydrogens (primary N) is 1. The van der Waals surface area contributed by atoms with Crippen molar-refractivity contribution in [1.29, 1.82) is 0 Å². The second-order valence-electron chi connectivity index (χ2n) is 5.19. The molecule has 108 valence electrons. The summed E-state index contributed by atoms with van der Waals surface area (Å²) in [6, 6.07) is 0.698. The van der Waals surface area contributed by atoms with Gasteiger partial charge in [-0.05, 0) is 26.9 Å². The molecule has 0 bridgehead atoms. The molecule has 1 fully saturated rings. The zero-order chi connectivity index (χ0) is 13.8. The third-order valence-electron chi connectivity index (χ3n) is 3.70. The number of thiazole rings is 1. The average Bonchev–Trinajstić information content (AvgIpc) is 2.82. The van der Waals surface area contributed by atoms with Crippen LogP contribution in [0.15, 0.2) is 0 Å². The van der Waals surface area contributed by atoms with E-state index in [4.69, 9.17) is 15.5 Å². The maximum atomic E-state index is 5.78. The molecular formula is C13H24N4OS. The van der Waals surface area contributed by atoms with E-state index in [2.05, 4.69) is 23.9 Å². The maximum Gasteiger partial charge on any atom is 0.185 e. The molecule has 2 rings (SSSR count). The molecule has 0 radical (unpaired) electrons. The van der Waals surface area contributed by atoms with E-state index < -0.39 is 0 Å². The van der Waals surface area contributed by atoms with Gasteiger partial charge in [-0.25, -0.2) is 4.98 Å². The van der Waals surface area contributed by atoms with Gasteiger partial charge in [-0.2, -0.15) is 0 Å². The highest BCUT2D eigenvalue weighted by atomic mass is 32.1. The van der Waals surface area contributed by atoms with Gasteiger partial charge >= 0.3 is 0 Å². The highest BCUT2D eigenvalue weighted by molar-refractivity contribution is 7.15. The standard InChI is InChI=1S/C13H24N4OS/c1-16(2)10-4-6-17(7-5-10)13-15-11(9-18-3)12(8-14)19-13/h10H,4-9,14H2,1-3H3. The van der Waals surface area contributed by atoms with Gasteiger partial charge in [-0.3, -0.25) is 0 Å². The molecule has 0 atom stereocenters. The summed E-state index contributed by atoms with van der Waals surface area (Å²) in [5.74, 6) is 0. The number of nitrogens with zero attached hydrogens (tertiary/aromatic N) is 3. The van der Waals surface area contributed by atoms with Gasteiger partial charge in [-0.15, -0.1) is 11.3 Å². The first kappa shape index (κ1) is 14.7. The molecule has 19 heavy (non-hydrogen) atoms. The summed E-state index contributed by atoms with van der Waals surface area (Å²) in [6.07, 6.45) is 2.40. The van der Waals surface area contributed by atoms with E-state index in [1.165, 1.54) is 12.8 Å². The molecule has 1 aromatic heterocycles. The predicted octanol–water partition coefficient (Wildman–Crippen LogP) is 1.28. The van der Waals surface area contributed by atoms with Crippen molar-refractivity contribution in [1.82, 2.24) is 9.88 Å². The van der Waals surface area contributed by atoms with E-state index in [0.29, 0.717) is 19.2 Å². The van der Waals surface area contributed by atoms with Crippen molar-refractivity contribution in [2.45, 2.75) is 32.0 Å². The quantitative estimate of drug-likeness (QED) is 0.883. The molecule has 2 heterocycles. The summed E-state index contributed by atoms with van der Waals surface area (Å²) < 4.78 is 5.18. The number of rotatable bonds is 5. The first-order valence-electron chi connectivity index (χ1n) is 6.74. The smallest absolute Gasteiger partial charge is 0.185 e. The van der Waals surface area contributed by atoms with Crippen LogP contribution in [0.1, 0.15) is 23.4 Å². The Balaban J connectivity index is 2.03. The van der Waals surface area contributed by atoms with Crippen molar-refractivity contribution in [3.8, 4) is 0 Å². The van der Waals surface area contributed by atoms with Crippen LogP contribution in [0, 0.1) is 0 Å². The highest BCUT2D eigenvalue weighted by Crippen LogP contribution is 2.29. The number of hydrogen-bond donors (Lipinski definition) is 1. The van der Waals surface area contributed by atoms with Gasteiger partial charge in [0.25, 0.3) is 0 Å². The molecular weight excluding hydrogens is 260 g/mol. The molecule has 1 aliphatic rings. The monoisotopic (exact) mass is 284 g/mol. The van der Waals surface area contributed by atoms with E-state index in [1.54, 1.807) is 18.4 Å². The SMILES string of the molecule is COCc1nc(N2CCC(N(C)C)CC2)sc1CN. The Morgan fingerprint density at radius 3 is 2.63 bits per heavy atom. The minimum atomic E-state index is 0.546. The van der Waals surface area contributed by atoms with Crippen molar-refractivity contribution in [2.75, 3.05) is 39.2 Å². The average molecular weight is 284 g/mol. The van der Waals surface area contributed by atoms with Crippen molar-refractivity contribution < 1.29 is 4.74 Å². The van der Waals surface area contributed by atoms with E-state index in [0.717, 1.165) is 28.8 Å². The van der Waals surface area contributed by atoms with Crippen LogP contribution >= 0.6 is 11.3 Å². The fourth-order valence-electron chi connectivity index (χ4n) is 2.49. The minimum Gasteiger partial charge on any atom is -0.378 e. The zero-order valence-corrected chi connectivity index (χ0v) is 12.9. The fraction of sp³-hybridized carbons (Fsp3) is 0.769. The van der Waals surface area contributed by atoms with Gasteiger partial charge in [0, 0.05) is 37.7 Å². The van der Waals surface area contributed by atoms with Crippen LogP contribution < -0.4 is 10.6 Å². The second kappa shape index (κ2) is 6.65. The molecule has 0 saturated carbocycles. The largest absolute Gasteiger partial charge is 0.378 e.